The molecule has 1 aromatic heterocycles. The average Bonchev–Trinajstić information content (AvgIpc) is 3.16. The van der Waals surface area contributed by atoms with Crippen LogP contribution in [0.2, 0.25) is 0 Å². The van der Waals surface area contributed by atoms with E-state index in [0.717, 1.165) is 50.5 Å². The molecule has 1 amide bonds. The van der Waals surface area contributed by atoms with E-state index in [4.69, 9.17) is 12.2 Å². The molecule has 37 heavy (non-hydrogen) atoms. The summed E-state index contributed by atoms with van der Waals surface area (Å²) in [6, 6.07) is 12.5. The van der Waals surface area contributed by atoms with E-state index in [9.17, 15) is 14.9 Å². The number of benzene rings is 1. The third-order valence-electron chi connectivity index (χ3n) is 6.83. The summed E-state index contributed by atoms with van der Waals surface area (Å²) in [7, 11) is 0. The summed E-state index contributed by atoms with van der Waals surface area (Å²) < 4.78 is 2.26. The van der Waals surface area contributed by atoms with Gasteiger partial charge in [0, 0.05) is 50.9 Å². The number of pyridine rings is 1. The topological polar surface area (TPSA) is 72.6 Å². The third-order valence-corrected chi connectivity index (χ3v) is 8.16. The SMILES string of the molecule is CCCn1c(N2CCN(Cc3ccccc3)CC2)c(C=C2SC(=S)N(C(C)C)C2=O)c(C)c(C#N)c1=O. The molecule has 2 aliphatic heterocycles. The Morgan fingerprint density at radius 2 is 1.81 bits per heavy atom. The lowest BCUT2D eigenvalue weighted by molar-refractivity contribution is -0.123. The molecule has 0 aliphatic carbocycles. The summed E-state index contributed by atoms with van der Waals surface area (Å²) in [5.74, 6) is 0.660. The molecule has 194 valence electrons. The van der Waals surface area contributed by atoms with Crippen LogP contribution in [0.1, 0.15) is 49.4 Å². The summed E-state index contributed by atoms with van der Waals surface area (Å²) in [6.45, 7) is 12.3. The predicted molar refractivity (Wildman–Crippen MR) is 155 cm³/mol. The van der Waals surface area contributed by atoms with Crippen molar-refractivity contribution in [3.63, 3.8) is 0 Å². The van der Waals surface area contributed by atoms with Crippen molar-refractivity contribution < 1.29 is 4.79 Å². The van der Waals surface area contributed by atoms with E-state index in [1.165, 1.54) is 17.3 Å². The maximum absolute atomic E-state index is 13.4. The van der Waals surface area contributed by atoms with Gasteiger partial charge in [0.05, 0.1) is 4.91 Å². The lowest BCUT2D eigenvalue weighted by Crippen LogP contribution is -2.48. The fourth-order valence-electron chi connectivity index (χ4n) is 4.93. The molecule has 9 heteroatoms. The highest BCUT2D eigenvalue weighted by Crippen LogP contribution is 2.37. The highest BCUT2D eigenvalue weighted by Gasteiger charge is 2.35. The van der Waals surface area contributed by atoms with Gasteiger partial charge >= 0.3 is 0 Å². The zero-order chi connectivity index (χ0) is 26.7. The number of nitriles is 1. The summed E-state index contributed by atoms with van der Waals surface area (Å²) in [5.41, 5.74) is 2.50. The van der Waals surface area contributed by atoms with Crippen LogP contribution in [-0.2, 0) is 17.9 Å². The molecule has 3 heterocycles. The number of carbonyl (C=O) groups is 1. The van der Waals surface area contributed by atoms with Gasteiger partial charge in [0.15, 0.2) is 0 Å². The van der Waals surface area contributed by atoms with Crippen LogP contribution in [0.25, 0.3) is 6.08 Å². The summed E-state index contributed by atoms with van der Waals surface area (Å²) in [5, 5.41) is 9.86. The fraction of sp³-hybridized carbons (Fsp3) is 0.429. The number of carbonyl (C=O) groups excluding carboxylic acids is 1. The molecule has 7 nitrogen and oxygen atoms in total. The van der Waals surface area contributed by atoms with Gasteiger partial charge in [-0.25, -0.2) is 0 Å². The van der Waals surface area contributed by atoms with Crippen molar-refractivity contribution >= 4 is 46.1 Å². The maximum atomic E-state index is 13.4. The second-order valence-electron chi connectivity index (χ2n) is 9.70. The van der Waals surface area contributed by atoms with Crippen LogP contribution < -0.4 is 10.5 Å². The van der Waals surface area contributed by atoms with Crippen LogP contribution >= 0.6 is 24.0 Å². The smallest absolute Gasteiger partial charge is 0.270 e. The summed E-state index contributed by atoms with van der Waals surface area (Å²) >= 11 is 6.76. The molecule has 1 aromatic carbocycles. The summed E-state index contributed by atoms with van der Waals surface area (Å²) in [6.07, 6.45) is 2.60. The van der Waals surface area contributed by atoms with E-state index in [1.807, 2.05) is 32.9 Å². The van der Waals surface area contributed by atoms with Gasteiger partial charge in [-0.3, -0.25) is 24.0 Å². The quantitative estimate of drug-likeness (QED) is 0.385. The molecule has 0 saturated carbocycles. The van der Waals surface area contributed by atoms with Crippen molar-refractivity contribution in [1.82, 2.24) is 14.4 Å². The molecule has 0 atom stereocenters. The van der Waals surface area contributed by atoms with Crippen molar-refractivity contribution in [3.8, 4) is 6.07 Å². The van der Waals surface area contributed by atoms with Crippen LogP contribution in [0.5, 0.6) is 0 Å². The van der Waals surface area contributed by atoms with Crippen LogP contribution in [0.4, 0.5) is 5.82 Å². The Bertz CT molecular complexity index is 1320. The van der Waals surface area contributed by atoms with Crippen molar-refractivity contribution in [2.75, 3.05) is 31.1 Å². The number of amides is 1. The Morgan fingerprint density at radius 3 is 2.38 bits per heavy atom. The third kappa shape index (κ3) is 5.52. The first kappa shape index (κ1) is 27.1. The van der Waals surface area contributed by atoms with Gasteiger partial charge in [-0.2, -0.15) is 5.26 Å². The van der Waals surface area contributed by atoms with E-state index in [1.54, 1.807) is 16.4 Å². The van der Waals surface area contributed by atoms with Crippen LogP contribution in [0.3, 0.4) is 0 Å². The molecule has 0 spiro atoms. The lowest BCUT2D eigenvalue weighted by Gasteiger charge is -2.38. The van der Waals surface area contributed by atoms with Crippen LogP contribution in [0.15, 0.2) is 40.0 Å². The predicted octanol–water partition coefficient (Wildman–Crippen LogP) is 4.37. The molecule has 2 fully saturated rings. The molecule has 2 aliphatic rings. The van der Waals surface area contributed by atoms with Gasteiger partial charge in [0.1, 0.15) is 21.8 Å². The van der Waals surface area contributed by atoms with Gasteiger partial charge in [0.2, 0.25) is 0 Å². The molecular weight excluding hydrogens is 502 g/mol. The number of anilines is 1. The first-order chi connectivity index (χ1) is 17.8. The van der Waals surface area contributed by atoms with E-state index >= 15 is 0 Å². The van der Waals surface area contributed by atoms with E-state index < -0.39 is 0 Å². The highest BCUT2D eigenvalue weighted by molar-refractivity contribution is 8.26. The Hall–Kier alpha value is -2.93. The van der Waals surface area contributed by atoms with Crippen molar-refractivity contribution in [2.24, 2.45) is 0 Å². The van der Waals surface area contributed by atoms with Gasteiger partial charge in [-0.15, -0.1) is 0 Å². The Kier molecular flexibility index (Phi) is 8.53. The fourth-order valence-corrected chi connectivity index (χ4v) is 6.44. The molecule has 0 bridgehead atoms. The minimum absolute atomic E-state index is 0.0413. The minimum atomic E-state index is -0.268. The maximum Gasteiger partial charge on any atom is 0.270 e. The monoisotopic (exact) mass is 535 g/mol. The van der Waals surface area contributed by atoms with Gasteiger partial charge in [-0.1, -0.05) is 61.2 Å². The zero-order valence-corrected chi connectivity index (χ0v) is 23.5. The molecule has 2 aromatic rings. The molecular formula is C28H33N5O2S2. The molecule has 2 saturated heterocycles. The lowest BCUT2D eigenvalue weighted by atomic mass is 10.0. The number of thiocarbonyl (C=S) groups is 1. The average molecular weight is 536 g/mol. The van der Waals surface area contributed by atoms with Gasteiger partial charge in [-0.05, 0) is 44.4 Å². The number of thioether (sulfide) groups is 1. The molecule has 4 rings (SSSR count). The summed E-state index contributed by atoms with van der Waals surface area (Å²) in [4.78, 5) is 33.4. The Morgan fingerprint density at radius 1 is 1.14 bits per heavy atom. The number of nitrogens with zero attached hydrogens (tertiary/aromatic N) is 5. The zero-order valence-electron chi connectivity index (χ0n) is 21.9. The number of rotatable bonds is 7. The van der Waals surface area contributed by atoms with E-state index in [0.29, 0.717) is 21.3 Å². The number of piperazine rings is 1. The largest absolute Gasteiger partial charge is 0.355 e. The Balaban J connectivity index is 1.75. The van der Waals surface area contributed by atoms with Crippen LogP contribution in [-0.4, -0.2) is 56.8 Å². The second-order valence-corrected chi connectivity index (χ2v) is 11.4. The van der Waals surface area contributed by atoms with Crippen LogP contribution in [0, 0.1) is 18.3 Å². The van der Waals surface area contributed by atoms with Gasteiger partial charge in [0.25, 0.3) is 11.5 Å². The van der Waals surface area contributed by atoms with E-state index in [-0.39, 0.29) is 23.1 Å². The van der Waals surface area contributed by atoms with E-state index in [2.05, 4.69) is 40.1 Å². The Labute approximate surface area is 228 Å². The number of hydrogen-bond donors (Lipinski definition) is 0. The molecule has 0 unspecified atom stereocenters. The van der Waals surface area contributed by atoms with Gasteiger partial charge < -0.3 is 4.90 Å². The number of aromatic nitrogens is 1. The second kappa shape index (κ2) is 11.6. The normalized spacial score (nSPS) is 17.8. The first-order valence-corrected chi connectivity index (χ1v) is 13.9. The van der Waals surface area contributed by atoms with Crippen molar-refractivity contribution in [3.05, 3.63) is 67.8 Å². The van der Waals surface area contributed by atoms with Crippen molar-refractivity contribution in [2.45, 2.75) is 53.2 Å². The van der Waals surface area contributed by atoms with Crippen molar-refractivity contribution in [1.29, 1.82) is 5.26 Å². The minimum Gasteiger partial charge on any atom is -0.355 e. The standard InChI is InChI=1S/C28H33N5O2S2/c1-5-11-32-25(31-14-12-30(13-15-31)18-21-9-7-6-8-10-21)22(20(4)23(17-29)26(32)34)16-24-27(35)33(19(2)3)28(36)37-24/h6-10,16,19H,5,11-15,18H2,1-4H3. The first-order valence-electron chi connectivity index (χ1n) is 12.7. The highest BCUT2D eigenvalue weighted by atomic mass is 32.2. The number of hydrogen-bond acceptors (Lipinski definition) is 7. The molecule has 0 radical (unpaired) electrons. The molecule has 0 N–H and O–H groups in total.